The molecule has 3 aliphatic rings. The van der Waals surface area contributed by atoms with Crippen molar-refractivity contribution >= 4 is 6.08 Å². The van der Waals surface area contributed by atoms with Crippen LogP contribution in [0.5, 0.6) is 0 Å². The van der Waals surface area contributed by atoms with Crippen molar-refractivity contribution in [2.24, 2.45) is 5.41 Å². The van der Waals surface area contributed by atoms with Crippen LogP contribution < -0.4 is 0 Å². The summed E-state index contributed by atoms with van der Waals surface area (Å²) in [5, 5.41) is 4.74. The van der Waals surface area contributed by atoms with Crippen molar-refractivity contribution in [2.75, 3.05) is 0 Å². The number of nitrogens with zero attached hydrogens (tertiary/aromatic N) is 2. The predicted octanol–water partition coefficient (Wildman–Crippen LogP) is 5.22. The van der Waals surface area contributed by atoms with E-state index in [4.69, 9.17) is 14.6 Å². The summed E-state index contributed by atoms with van der Waals surface area (Å²) >= 11 is 0. The second-order valence-electron chi connectivity index (χ2n) is 9.18. The fourth-order valence-electron chi connectivity index (χ4n) is 5.53. The van der Waals surface area contributed by atoms with Crippen LogP contribution >= 0.6 is 0 Å². The smallest absolute Gasteiger partial charge is 0.178 e. The van der Waals surface area contributed by atoms with Gasteiger partial charge in [0.05, 0.1) is 29.8 Å². The molecule has 2 heterocycles. The summed E-state index contributed by atoms with van der Waals surface area (Å²) in [5.41, 5.74) is 6.19. The molecule has 1 aliphatic heterocycles. The Hall–Kier alpha value is -1.91. The molecule has 1 aromatic carbocycles. The Morgan fingerprint density at radius 2 is 1.82 bits per heavy atom. The average Bonchev–Trinajstić information content (AvgIpc) is 3.03. The Labute approximate surface area is 167 Å². The summed E-state index contributed by atoms with van der Waals surface area (Å²) in [7, 11) is 0. The Morgan fingerprint density at radius 3 is 2.54 bits per heavy atom. The van der Waals surface area contributed by atoms with Crippen LogP contribution in [-0.4, -0.2) is 27.8 Å². The molecular weight excluding hydrogens is 348 g/mol. The third-order valence-corrected chi connectivity index (χ3v) is 6.97. The minimum absolute atomic E-state index is 0.137. The molecular formula is C24H30N2O2. The van der Waals surface area contributed by atoms with Gasteiger partial charge in [-0.25, -0.2) is 4.68 Å². The topological polar surface area (TPSA) is 36.3 Å². The van der Waals surface area contributed by atoms with E-state index in [1.165, 1.54) is 22.4 Å². The highest BCUT2D eigenvalue weighted by atomic mass is 16.7. The number of ether oxygens (including phenoxy) is 2. The largest absolute Gasteiger partial charge is 0.346 e. The minimum atomic E-state index is -0.516. The van der Waals surface area contributed by atoms with E-state index in [0.717, 1.165) is 37.8 Å². The zero-order chi connectivity index (χ0) is 19.5. The average molecular weight is 379 g/mol. The van der Waals surface area contributed by atoms with Crippen LogP contribution in [0, 0.1) is 12.3 Å². The van der Waals surface area contributed by atoms with Gasteiger partial charge in [-0.2, -0.15) is 5.10 Å². The summed E-state index contributed by atoms with van der Waals surface area (Å²) in [6, 6.07) is 8.58. The lowest BCUT2D eigenvalue weighted by Gasteiger charge is -2.57. The lowest BCUT2D eigenvalue weighted by atomic mass is 9.61. The van der Waals surface area contributed by atoms with Gasteiger partial charge in [0.1, 0.15) is 0 Å². The second kappa shape index (κ2) is 6.30. The van der Waals surface area contributed by atoms with E-state index >= 15 is 0 Å². The zero-order valence-corrected chi connectivity index (χ0v) is 17.4. The number of rotatable bonds is 1. The highest BCUT2D eigenvalue weighted by Gasteiger charge is 2.58. The first kappa shape index (κ1) is 18.1. The van der Waals surface area contributed by atoms with Gasteiger partial charge in [-0.3, -0.25) is 0 Å². The van der Waals surface area contributed by atoms with E-state index in [9.17, 15) is 0 Å². The van der Waals surface area contributed by atoms with Crippen molar-refractivity contribution in [3.05, 3.63) is 52.9 Å². The van der Waals surface area contributed by atoms with Gasteiger partial charge in [-0.05, 0) is 70.2 Å². The van der Waals surface area contributed by atoms with Crippen molar-refractivity contribution in [3.63, 3.8) is 0 Å². The van der Waals surface area contributed by atoms with E-state index < -0.39 is 5.79 Å². The normalized spacial score (nSPS) is 34.6. The molecule has 148 valence electrons. The Morgan fingerprint density at radius 1 is 1.11 bits per heavy atom. The SMILES string of the molecule is Cc1ccc(-n2ncc3c2C=C2CCCC4(O[C@@H](C)C[C@H](C)O4)[C@@]2(C)C3)cc1. The first-order valence-electron chi connectivity index (χ1n) is 10.6. The predicted molar refractivity (Wildman–Crippen MR) is 110 cm³/mol. The highest BCUT2D eigenvalue weighted by Crippen LogP contribution is 2.57. The van der Waals surface area contributed by atoms with Crippen molar-refractivity contribution in [2.45, 2.75) is 77.8 Å². The molecule has 3 atom stereocenters. The van der Waals surface area contributed by atoms with Gasteiger partial charge < -0.3 is 9.47 Å². The van der Waals surface area contributed by atoms with Gasteiger partial charge in [-0.15, -0.1) is 0 Å². The van der Waals surface area contributed by atoms with Gasteiger partial charge in [0, 0.05) is 11.8 Å². The third kappa shape index (κ3) is 2.61. The van der Waals surface area contributed by atoms with Crippen LogP contribution in [0.2, 0.25) is 0 Å². The van der Waals surface area contributed by atoms with Gasteiger partial charge in [0.25, 0.3) is 0 Å². The number of benzene rings is 1. The first-order valence-corrected chi connectivity index (χ1v) is 10.6. The summed E-state index contributed by atoms with van der Waals surface area (Å²) < 4.78 is 15.3. The van der Waals surface area contributed by atoms with E-state index in [2.05, 4.69) is 62.7 Å². The zero-order valence-electron chi connectivity index (χ0n) is 17.4. The summed E-state index contributed by atoms with van der Waals surface area (Å²) in [6.07, 6.45) is 9.92. The van der Waals surface area contributed by atoms with E-state index in [1.54, 1.807) is 0 Å². The van der Waals surface area contributed by atoms with Crippen molar-refractivity contribution in [1.29, 1.82) is 0 Å². The standard InChI is InChI=1S/C24H30N2O2/c1-16-7-9-21(10-8-16)26-22-13-20-6-5-11-24(27-17(2)12-18(3)28-24)23(20,4)14-19(22)15-25-26/h7-10,13,15,17-18H,5-6,11-12,14H2,1-4H3/t17-,18-,23-/m0/s1. The summed E-state index contributed by atoms with van der Waals surface area (Å²) in [5.74, 6) is -0.516. The molecule has 1 aromatic heterocycles. The van der Waals surface area contributed by atoms with Crippen LogP contribution in [0.1, 0.15) is 63.3 Å². The lowest BCUT2D eigenvalue weighted by molar-refractivity contribution is -0.358. The van der Waals surface area contributed by atoms with Crippen molar-refractivity contribution in [3.8, 4) is 5.69 Å². The van der Waals surface area contributed by atoms with E-state index in [0.29, 0.717) is 0 Å². The molecule has 0 bridgehead atoms. The van der Waals surface area contributed by atoms with Gasteiger partial charge in [0.2, 0.25) is 0 Å². The molecule has 2 aromatic rings. The van der Waals surface area contributed by atoms with Crippen LogP contribution in [0.4, 0.5) is 0 Å². The molecule has 0 radical (unpaired) electrons. The van der Waals surface area contributed by atoms with Crippen molar-refractivity contribution < 1.29 is 9.47 Å². The molecule has 28 heavy (non-hydrogen) atoms. The van der Waals surface area contributed by atoms with Gasteiger partial charge in [-0.1, -0.05) is 30.2 Å². The Kier molecular flexibility index (Phi) is 4.08. The number of aryl methyl sites for hydroxylation is 1. The Bertz CT molecular complexity index is 917. The highest BCUT2D eigenvalue weighted by molar-refractivity contribution is 5.62. The lowest BCUT2D eigenvalue weighted by Crippen LogP contribution is -2.60. The molecule has 1 saturated carbocycles. The number of aromatic nitrogens is 2. The molecule has 1 saturated heterocycles. The van der Waals surface area contributed by atoms with E-state index in [-0.39, 0.29) is 17.6 Å². The van der Waals surface area contributed by atoms with Gasteiger partial charge >= 0.3 is 0 Å². The van der Waals surface area contributed by atoms with Crippen LogP contribution in [0.3, 0.4) is 0 Å². The fraction of sp³-hybridized carbons (Fsp3) is 0.542. The molecule has 5 rings (SSSR count). The molecule has 0 unspecified atom stereocenters. The number of hydrogen-bond acceptors (Lipinski definition) is 3. The van der Waals surface area contributed by atoms with Crippen LogP contribution in [0.15, 0.2) is 36.0 Å². The molecule has 2 fully saturated rings. The fourth-order valence-corrected chi connectivity index (χ4v) is 5.53. The monoisotopic (exact) mass is 378 g/mol. The van der Waals surface area contributed by atoms with Crippen LogP contribution in [-0.2, 0) is 15.9 Å². The summed E-state index contributed by atoms with van der Waals surface area (Å²) in [4.78, 5) is 0. The Balaban J connectivity index is 1.58. The van der Waals surface area contributed by atoms with Gasteiger partial charge in [0.15, 0.2) is 5.79 Å². The molecule has 4 nitrogen and oxygen atoms in total. The number of fused-ring (bicyclic) bond motifs is 3. The molecule has 0 N–H and O–H groups in total. The first-order chi connectivity index (χ1) is 13.4. The maximum absolute atomic E-state index is 6.59. The molecule has 1 spiro atoms. The second-order valence-corrected chi connectivity index (χ2v) is 9.18. The van der Waals surface area contributed by atoms with E-state index in [1.807, 2.05) is 6.20 Å². The maximum atomic E-state index is 6.59. The summed E-state index contributed by atoms with van der Waals surface area (Å²) in [6.45, 7) is 8.83. The quantitative estimate of drug-likeness (QED) is 0.682. The molecule has 0 amide bonds. The van der Waals surface area contributed by atoms with Crippen LogP contribution in [0.25, 0.3) is 11.8 Å². The third-order valence-electron chi connectivity index (χ3n) is 6.97. The number of hydrogen-bond donors (Lipinski definition) is 0. The maximum Gasteiger partial charge on any atom is 0.178 e. The van der Waals surface area contributed by atoms with Crippen molar-refractivity contribution in [1.82, 2.24) is 9.78 Å². The minimum Gasteiger partial charge on any atom is -0.346 e. The molecule has 4 heteroatoms. The molecule has 2 aliphatic carbocycles.